The lowest BCUT2D eigenvalue weighted by atomic mass is 10.2. The Bertz CT molecular complexity index is 645. The van der Waals surface area contributed by atoms with Crippen molar-refractivity contribution in [3.05, 3.63) is 53.7 Å². The molecule has 20 heavy (non-hydrogen) atoms. The summed E-state index contributed by atoms with van der Waals surface area (Å²) >= 11 is 0. The van der Waals surface area contributed by atoms with E-state index in [1.807, 2.05) is 6.07 Å². The maximum absolute atomic E-state index is 11.8. The summed E-state index contributed by atoms with van der Waals surface area (Å²) in [7, 11) is 0. The Kier molecular flexibility index (Phi) is 4.30. The minimum atomic E-state index is -0.482. The number of hydrogen-bond donors (Lipinski definition) is 0. The zero-order chi connectivity index (χ0) is 14.4. The average molecular weight is 268 g/mol. The number of pyridine rings is 1. The summed E-state index contributed by atoms with van der Waals surface area (Å²) in [5, 5.41) is 8.73. The molecule has 1 heterocycles. The highest BCUT2D eigenvalue weighted by Crippen LogP contribution is 2.23. The molecule has 1 aromatic carbocycles. The number of carbonyl (C=O) groups is 1. The van der Waals surface area contributed by atoms with Gasteiger partial charge in [-0.1, -0.05) is 0 Å². The van der Waals surface area contributed by atoms with Gasteiger partial charge in [-0.25, -0.2) is 9.78 Å². The van der Waals surface area contributed by atoms with Gasteiger partial charge >= 0.3 is 5.97 Å². The number of nitriles is 1. The quantitative estimate of drug-likeness (QED) is 0.797. The van der Waals surface area contributed by atoms with Crippen LogP contribution in [0.5, 0.6) is 11.6 Å². The van der Waals surface area contributed by atoms with E-state index >= 15 is 0 Å². The molecule has 0 aliphatic rings. The lowest BCUT2D eigenvalue weighted by Gasteiger charge is -2.09. The van der Waals surface area contributed by atoms with E-state index in [4.69, 9.17) is 14.7 Å². The molecule has 0 radical (unpaired) electrons. The van der Waals surface area contributed by atoms with Crippen LogP contribution in [0.2, 0.25) is 0 Å². The number of benzene rings is 1. The topological polar surface area (TPSA) is 72.2 Å². The predicted octanol–water partition coefficient (Wildman–Crippen LogP) is 2.92. The van der Waals surface area contributed by atoms with Crippen molar-refractivity contribution in [3.63, 3.8) is 0 Å². The third kappa shape index (κ3) is 3.12. The Hall–Kier alpha value is -2.87. The number of ether oxygens (including phenoxy) is 2. The van der Waals surface area contributed by atoms with Gasteiger partial charge in [-0.15, -0.1) is 0 Å². The maximum atomic E-state index is 11.8. The van der Waals surface area contributed by atoms with Crippen LogP contribution in [0.15, 0.2) is 42.6 Å². The van der Waals surface area contributed by atoms with Crippen molar-refractivity contribution in [3.8, 4) is 17.7 Å². The van der Waals surface area contributed by atoms with E-state index < -0.39 is 5.97 Å². The molecule has 0 unspecified atom stereocenters. The summed E-state index contributed by atoms with van der Waals surface area (Å²) in [6, 6.07) is 11.8. The van der Waals surface area contributed by atoms with E-state index in [-0.39, 0.29) is 18.1 Å². The zero-order valence-electron chi connectivity index (χ0n) is 10.9. The molecule has 0 saturated heterocycles. The number of aromatic nitrogens is 1. The fourth-order valence-electron chi connectivity index (χ4n) is 1.55. The first-order chi connectivity index (χ1) is 9.74. The molecule has 0 amide bonds. The van der Waals surface area contributed by atoms with Crippen molar-refractivity contribution in [2.45, 2.75) is 6.92 Å². The molecule has 0 spiro atoms. The highest BCUT2D eigenvalue weighted by atomic mass is 16.5. The molecule has 100 valence electrons. The van der Waals surface area contributed by atoms with Crippen molar-refractivity contribution in [1.29, 1.82) is 5.26 Å². The first-order valence-corrected chi connectivity index (χ1v) is 6.04. The molecule has 0 aliphatic heterocycles. The largest absolute Gasteiger partial charge is 0.462 e. The Morgan fingerprint density at radius 3 is 2.70 bits per heavy atom. The summed E-state index contributed by atoms with van der Waals surface area (Å²) in [4.78, 5) is 15.8. The summed E-state index contributed by atoms with van der Waals surface area (Å²) in [6.45, 7) is 2.01. The maximum Gasteiger partial charge on any atom is 0.343 e. The van der Waals surface area contributed by atoms with Gasteiger partial charge in [0, 0.05) is 6.20 Å². The highest BCUT2D eigenvalue weighted by molar-refractivity contribution is 5.91. The van der Waals surface area contributed by atoms with Gasteiger partial charge < -0.3 is 9.47 Å². The minimum absolute atomic E-state index is 0.177. The minimum Gasteiger partial charge on any atom is -0.462 e. The fourth-order valence-corrected chi connectivity index (χ4v) is 1.55. The second kappa shape index (κ2) is 6.34. The lowest BCUT2D eigenvalue weighted by molar-refractivity contribution is 0.0522. The van der Waals surface area contributed by atoms with Crippen molar-refractivity contribution in [1.82, 2.24) is 4.98 Å². The fraction of sp³-hybridized carbons (Fsp3) is 0.133. The van der Waals surface area contributed by atoms with Gasteiger partial charge in [0.1, 0.15) is 11.3 Å². The van der Waals surface area contributed by atoms with Gasteiger partial charge in [-0.2, -0.15) is 5.26 Å². The Balaban J connectivity index is 2.24. The normalized spacial score (nSPS) is 9.60. The molecule has 1 aromatic heterocycles. The molecule has 2 rings (SSSR count). The van der Waals surface area contributed by atoms with Gasteiger partial charge in [-0.3, -0.25) is 0 Å². The Labute approximate surface area is 116 Å². The van der Waals surface area contributed by atoms with Crippen LogP contribution in [0.1, 0.15) is 22.8 Å². The first kappa shape index (κ1) is 13.6. The third-order valence-corrected chi connectivity index (χ3v) is 2.46. The van der Waals surface area contributed by atoms with Gasteiger partial charge in [0.25, 0.3) is 0 Å². The molecule has 0 aliphatic carbocycles. The van der Waals surface area contributed by atoms with Crippen LogP contribution in [0, 0.1) is 11.3 Å². The average Bonchev–Trinajstić information content (AvgIpc) is 2.49. The van der Waals surface area contributed by atoms with Crippen molar-refractivity contribution in [2.75, 3.05) is 6.61 Å². The first-order valence-electron chi connectivity index (χ1n) is 6.04. The van der Waals surface area contributed by atoms with Gasteiger partial charge in [0.2, 0.25) is 5.88 Å². The Morgan fingerprint density at radius 2 is 2.05 bits per heavy atom. The lowest BCUT2D eigenvalue weighted by Crippen LogP contribution is -2.07. The number of rotatable bonds is 4. The molecule has 0 bridgehead atoms. The molecule has 0 saturated carbocycles. The molecule has 2 aromatic rings. The van der Waals surface area contributed by atoms with Gasteiger partial charge in [-0.05, 0) is 43.3 Å². The van der Waals surface area contributed by atoms with E-state index in [1.165, 1.54) is 6.20 Å². The molecular weight excluding hydrogens is 256 g/mol. The van der Waals surface area contributed by atoms with E-state index in [0.29, 0.717) is 11.3 Å². The number of nitrogens with zero attached hydrogens (tertiary/aromatic N) is 2. The van der Waals surface area contributed by atoms with Crippen LogP contribution in [-0.2, 0) is 4.74 Å². The monoisotopic (exact) mass is 268 g/mol. The molecule has 0 N–H and O–H groups in total. The second-order valence-electron chi connectivity index (χ2n) is 3.81. The molecular formula is C15H12N2O3. The molecule has 5 heteroatoms. The Morgan fingerprint density at radius 1 is 1.30 bits per heavy atom. The number of esters is 1. The molecule has 5 nitrogen and oxygen atoms in total. The van der Waals surface area contributed by atoms with Crippen LogP contribution in [0.25, 0.3) is 0 Å². The summed E-state index contributed by atoms with van der Waals surface area (Å²) in [6.07, 6.45) is 1.53. The predicted molar refractivity (Wildman–Crippen MR) is 71.4 cm³/mol. The van der Waals surface area contributed by atoms with Gasteiger partial charge in [0.15, 0.2) is 0 Å². The van der Waals surface area contributed by atoms with E-state index in [9.17, 15) is 4.79 Å². The summed E-state index contributed by atoms with van der Waals surface area (Å²) in [5.41, 5.74) is 0.794. The van der Waals surface area contributed by atoms with Crippen LogP contribution in [0.3, 0.4) is 0 Å². The standard InChI is InChI=1S/C15H12N2O3/c1-2-19-15(18)13-4-3-9-17-14(13)20-12-7-5-11(10-16)6-8-12/h3-9H,2H2,1H3. The van der Waals surface area contributed by atoms with E-state index in [2.05, 4.69) is 4.98 Å². The molecule has 0 atom stereocenters. The van der Waals surface area contributed by atoms with Crippen LogP contribution in [0.4, 0.5) is 0 Å². The van der Waals surface area contributed by atoms with Crippen molar-refractivity contribution in [2.24, 2.45) is 0 Å². The van der Waals surface area contributed by atoms with Crippen LogP contribution >= 0.6 is 0 Å². The second-order valence-corrected chi connectivity index (χ2v) is 3.81. The number of hydrogen-bond acceptors (Lipinski definition) is 5. The summed E-state index contributed by atoms with van der Waals surface area (Å²) in [5.74, 6) is 0.188. The summed E-state index contributed by atoms with van der Waals surface area (Å²) < 4.78 is 10.5. The van der Waals surface area contributed by atoms with E-state index in [1.54, 1.807) is 43.3 Å². The van der Waals surface area contributed by atoms with Crippen LogP contribution in [-0.4, -0.2) is 17.6 Å². The smallest absolute Gasteiger partial charge is 0.343 e. The van der Waals surface area contributed by atoms with Crippen molar-refractivity contribution < 1.29 is 14.3 Å². The zero-order valence-corrected chi connectivity index (χ0v) is 10.9. The highest BCUT2D eigenvalue weighted by Gasteiger charge is 2.15. The third-order valence-electron chi connectivity index (χ3n) is 2.46. The van der Waals surface area contributed by atoms with E-state index in [0.717, 1.165) is 0 Å². The van der Waals surface area contributed by atoms with Crippen molar-refractivity contribution >= 4 is 5.97 Å². The number of carbonyl (C=O) groups excluding carboxylic acids is 1. The molecule has 0 fully saturated rings. The van der Waals surface area contributed by atoms with Gasteiger partial charge in [0.05, 0.1) is 18.2 Å². The van der Waals surface area contributed by atoms with Crippen LogP contribution < -0.4 is 4.74 Å². The SMILES string of the molecule is CCOC(=O)c1cccnc1Oc1ccc(C#N)cc1.